The van der Waals surface area contributed by atoms with Crippen LogP contribution < -0.4 is 0 Å². The molecule has 0 aromatic carbocycles. The molecule has 0 aromatic heterocycles. The van der Waals surface area contributed by atoms with E-state index in [2.05, 4.69) is 6.92 Å². The van der Waals surface area contributed by atoms with Crippen LogP contribution in [0.1, 0.15) is 46.5 Å². The molecule has 0 bridgehead atoms. The Morgan fingerprint density at radius 2 is 1.95 bits per heavy atom. The van der Waals surface area contributed by atoms with Gasteiger partial charge in [-0.15, -0.1) is 0 Å². The second kappa shape index (κ2) is 3.17. The number of fused-ring (bicyclic) bond motifs is 1. The average molecular weight is 266 g/mol. The summed E-state index contributed by atoms with van der Waals surface area (Å²) in [6.07, 6.45) is 3.25. The molecule has 4 heteroatoms. The number of aliphatic hydroxyl groups excluding tert-OH is 1. The van der Waals surface area contributed by atoms with Crippen LogP contribution in [0.25, 0.3) is 0 Å². The van der Waals surface area contributed by atoms with Gasteiger partial charge in [-0.25, -0.2) is 0 Å². The normalized spacial score (nSPS) is 62.8. The van der Waals surface area contributed by atoms with Crippen molar-refractivity contribution < 1.29 is 19.4 Å². The fraction of sp³-hybridized carbons (Fsp3) is 0.933. The van der Waals surface area contributed by atoms with E-state index < -0.39 is 17.3 Å². The van der Waals surface area contributed by atoms with Crippen molar-refractivity contribution in [1.29, 1.82) is 0 Å². The lowest BCUT2D eigenvalue weighted by molar-refractivity contribution is -0.152. The molecule has 0 unspecified atom stereocenters. The Kier molecular flexibility index (Phi) is 2.03. The third kappa shape index (κ3) is 1.09. The van der Waals surface area contributed by atoms with E-state index in [0.717, 1.165) is 25.7 Å². The molecule has 7 atom stereocenters. The highest BCUT2D eigenvalue weighted by atomic mass is 16.7. The first kappa shape index (κ1) is 12.2. The van der Waals surface area contributed by atoms with Gasteiger partial charge in [-0.2, -0.15) is 0 Å². The smallest absolute Gasteiger partial charge is 0.309 e. The maximum atomic E-state index is 11.9. The lowest BCUT2D eigenvalue weighted by Gasteiger charge is -2.50. The number of ether oxygens (including phenoxy) is 2. The molecular weight excluding hydrogens is 244 g/mol. The molecule has 2 aliphatic carbocycles. The SMILES string of the molecule is C[C@H]1C(=O)O[C@@H]2[C@@H]1CC[C@]1(C)CC[C@H](O)[C@@]3(C)O[C@@]213. The van der Waals surface area contributed by atoms with Gasteiger partial charge in [0, 0.05) is 11.3 Å². The van der Waals surface area contributed by atoms with E-state index in [1.54, 1.807) is 0 Å². The number of carbonyl (C=O) groups excluding carboxylic acids is 1. The zero-order chi connectivity index (χ0) is 13.6. The Morgan fingerprint density at radius 3 is 2.68 bits per heavy atom. The highest BCUT2D eigenvalue weighted by molar-refractivity contribution is 5.75. The van der Waals surface area contributed by atoms with Crippen LogP contribution in [-0.4, -0.2) is 34.5 Å². The number of hydrogen-bond donors (Lipinski definition) is 1. The van der Waals surface area contributed by atoms with E-state index in [4.69, 9.17) is 9.47 Å². The zero-order valence-corrected chi connectivity index (χ0v) is 11.8. The van der Waals surface area contributed by atoms with Crippen molar-refractivity contribution in [2.24, 2.45) is 17.3 Å². The predicted octanol–water partition coefficient (Wildman–Crippen LogP) is 1.65. The van der Waals surface area contributed by atoms with Gasteiger partial charge < -0.3 is 14.6 Å². The van der Waals surface area contributed by atoms with Crippen molar-refractivity contribution >= 4 is 5.97 Å². The highest BCUT2D eigenvalue weighted by Gasteiger charge is 2.85. The van der Waals surface area contributed by atoms with Crippen LogP contribution in [0, 0.1) is 17.3 Å². The minimum absolute atomic E-state index is 0.0311. The van der Waals surface area contributed by atoms with Gasteiger partial charge in [-0.1, -0.05) is 13.8 Å². The largest absolute Gasteiger partial charge is 0.459 e. The van der Waals surface area contributed by atoms with Crippen molar-refractivity contribution in [2.45, 2.75) is 69.9 Å². The first-order chi connectivity index (χ1) is 8.86. The lowest BCUT2D eigenvalue weighted by Crippen LogP contribution is -2.60. The molecule has 4 nitrogen and oxygen atoms in total. The molecule has 1 N–H and O–H groups in total. The highest BCUT2D eigenvalue weighted by Crippen LogP contribution is 2.73. The first-order valence-corrected chi connectivity index (χ1v) is 7.44. The monoisotopic (exact) mass is 266 g/mol. The van der Waals surface area contributed by atoms with Gasteiger partial charge in [0.05, 0.1) is 12.0 Å². The Balaban J connectivity index is 1.80. The summed E-state index contributed by atoms with van der Waals surface area (Å²) in [7, 11) is 0. The van der Waals surface area contributed by atoms with E-state index in [1.807, 2.05) is 13.8 Å². The molecule has 0 amide bonds. The number of rotatable bonds is 0. The summed E-state index contributed by atoms with van der Waals surface area (Å²) in [5, 5.41) is 10.3. The van der Waals surface area contributed by atoms with E-state index >= 15 is 0 Å². The van der Waals surface area contributed by atoms with Crippen LogP contribution >= 0.6 is 0 Å². The Hall–Kier alpha value is -0.610. The van der Waals surface area contributed by atoms with Crippen LogP contribution in [0.2, 0.25) is 0 Å². The molecular formula is C15H22O4. The fourth-order valence-corrected chi connectivity index (χ4v) is 5.29. The zero-order valence-electron chi connectivity index (χ0n) is 11.8. The number of epoxide rings is 1. The van der Waals surface area contributed by atoms with Gasteiger partial charge in [0.15, 0.2) is 0 Å². The minimum atomic E-state index is -0.520. The summed E-state index contributed by atoms with van der Waals surface area (Å²) in [6, 6.07) is 0. The lowest BCUT2D eigenvalue weighted by atomic mass is 9.52. The van der Waals surface area contributed by atoms with Crippen LogP contribution in [-0.2, 0) is 14.3 Å². The molecule has 4 fully saturated rings. The van der Waals surface area contributed by atoms with Crippen LogP contribution in [0.15, 0.2) is 0 Å². The van der Waals surface area contributed by atoms with Gasteiger partial charge in [0.25, 0.3) is 0 Å². The fourth-order valence-electron chi connectivity index (χ4n) is 5.29. The van der Waals surface area contributed by atoms with Crippen molar-refractivity contribution in [3.05, 3.63) is 0 Å². The molecule has 106 valence electrons. The average Bonchev–Trinajstić information content (AvgIpc) is 2.92. The topological polar surface area (TPSA) is 59.1 Å². The van der Waals surface area contributed by atoms with Crippen molar-refractivity contribution in [3.63, 3.8) is 0 Å². The van der Waals surface area contributed by atoms with E-state index in [1.165, 1.54) is 0 Å². The van der Waals surface area contributed by atoms with E-state index in [-0.39, 0.29) is 29.3 Å². The van der Waals surface area contributed by atoms with E-state index in [9.17, 15) is 9.90 Å². The molecule has 0 radical (unpaired) electrons. The maximum absolute atomic E-state index is 11.9. The quantitative estimate of drug-likeness (QED) is 0.535. The molecule has 2 saturated heterocycles. The van der Waals surface area contributed by atoms with Crippen molar-refractivity contribution in [1.82, 2.24) is 0 Å². The van der Waals surface area contributed by atoms with Gasteiger partial charge in [-0.05, 0) is 32.6 Å². The second-order valence-corrected chi connectivity index (χ2v) is 7.41. The molecule has 2 saturated carbocycles. The summed E-state index contributed by atoms with van der Waals surface area (Å²) in [5.41, 5.74) is -0.929. The Bertz CT molecular complexity index is 463. The number of esters is 1. The summed E-state index contributed by atoms with van der Waals surface area (Å²) in [6.45, 7) is 6.21. The first-order valence-electron chi connectivity index (χ1n) is 7.44. The standard InChI is InChI=1S/C15H22O4/c1-8-9-4-6-13(2)7-5-10(16)14(3)15(13,19-14)11(9)18-12(8)17/h8-11,16H,4-7H2,1-3H3/t8-,9-,10+,11-,13-,14-,15+/m1/s1. The Morgan fingerprint density at radius 1 is 1.26 bits per heavy atom. The molecule has 4 rings (SSSR count). The summed E-state index contributed by atoms with van der Waals surface area (Å²) in [5.74, 6) is 0.135. The molecule has 19 heavy (non-hydrogen) atoms. The van der Waals surface area contributed by atoms with Crippen LogP contribution in [0.5, 0.6) is 0 Å². The third-order valence-corrected chi connectivity index (χ3v) is 6.65. The molecule has 0 aromatic rings. The number of aliphatic hydroxyl groups is 1. The molecule has 2 aliphatic heterocycles. The third-order valence-electron chi connectivity index (χ3n) is 6.65. The van der Waals surface area contributed by atoms with Crippen LogP contribution in [0.3, 0.4) is 0 Å². The van der Waals surface area contributed by atoms with Crippen LogP contribution in [0.4, 0.5) is 0 Å². The summed E-state index contributed by atoms with van der Waals surface area (Å²) >= 11 is 0. The molecule has 4 aliphatic rings. The Labute approximate surface area is 113 Å². The van der Waals surface area contributed by atoms with Gasteiger partial charge in [0.1, 0.15) is 17.3 Å². The maximum Gasteiger partial charge on any atom is 0.309 e. The van der Waals surface area contributed by atoms with Crippen molar-refractivity contribution in [2.75, 3.05) is 0 Å². The summed E-state index contributed by atoms with van der Waals surface area (Å²) < 4.78 is 11.9. The van der Waals surface area contributed by atoms with Gasteiger partial charge >= 0.3 is 5.97 Å². The van der Waals surface area contributed by atoms with Crippen molar-refractivity contribution in [3.8, 4) is 0 Å². The molecule has 2 heterocycles. The van der Waals surface area contributed by atoms with E-state index in [0.29, 0.717) is 0 Å². The van der Waals surface area contributed by atoms with Gasteiger partial charge in [-0.3, -0.25) is 4.79 Å². The summed E-state index contributed by atoms with van der Waals surface area (Å²) in [4.78, 5) is 11.9. The number of carbonyl (C=O) groups is 1. The van der Waals surface area contributed by atoms with Gasteiger partial charge in [0.2, 0.25) is 0 Å². The minimum Gasteiger partial charge on any atom is -0.459 e. The molecule has 1 spiro atoms. The second-order valence-electron chi connectivity index (χ2n) is 7.41. The number of hydrogen-bond acceptors (Lipinski definition) is 4. The predicted molar refractivity (Wildman–Crippen MR) is 67.3 cm³/mol.